The number of amides is 3. The molecule has 41 heavy (non-hydrogen) atoms. The average molecular weight is 560 g/mol. The molecule has 0 unspecified atom stereocenters. The number of anilines is 1. The summed E-state index contributed by atoms with van der Waals surface area (Å²) in [5, 5.41) is 6.42. The number of hydrogen-bond donors (Lipinski definition) is 2. The Morgan fingerprint density at radius 1 is 1.05 bits per heavy atom. The van der Waals surface area contributed by atoms with E-state index in [4.69, 9.17) is 4.74 Å². The van der Waals surface area contributed by atoms with E-state index in [0.29, 0.717) is 18.4 Å². The number of nitrogens with zero attached hydrogens (tertiary/aromatic N) is 1. The minimum Gasteiger partial charge on any atom is -0.359 e. The lowest BCUT2D eigenvalue weighted by atomic mass is 9.73. The molecule has 3 amide bonds. The van der Waals surface area contributed by atoms with Crippen LogP contribution in [0.2, 0.25) is 0 Å². The Kier molecular flexibility index (Phi) is 7.60. The van der Waals surface area contributed by atoms with Crippen molar-refractivity contribution < 1.29 is 19.1 Å². The summed E-state index contributed by atoms with van der Waals surface area (Å²) in [5.41, 5.74) is 3.07. The number of allylic oxidation sites excluding steroid dienone is 1. The van der Waals surface area contributed by atoms with Gasteiger partial charge in [-0.2, -0.15) is 0 Å². The first-order valence-electron chi connectivity index (χ1n) is 15.7. The lowest BCUT2D eigenvalue weighted by molar-refractivity contribution is -0.141. The Hall–Kier alpha value is -2.93. The second-order valence-corrected chi connectivity index (χ2v) is 13.3. The molecule has 0 radical (unpaired) electrons. The van der Waals surface area contributed by atoms with Crippen LogP contribution in [0.5, 0.6) is 0 Å². The van der Waals surface area contributed by atoms with Crippen LogP contribution >= 0.6 is 0 Å². The quantitative estimate of drug-likeness (QED) is 0.448. The monoisotopic (exact) mass is 559 g/mol. The maximum Gasteiger partial charge on any atom is 0.246 e. The molecule has 1 aromatic rings. The third kappa shape index (κ3) is 5.04. The lowest BCUT2D eigenvalue weighted by Gasteiger charge is -2.38. The van der Waals surface area contributed by atoms with Crippen molar-refractivity contribution in [1.29, 1.82) is 0 Å². The SMILES string of the molecule is Cc1cc(C)cc(NC(=O)[C@@H]2[C@@H]3C=C[C@]4(O3)[C@@H]2C(=O)N(CCC2=CCCCC2)[C@H]4C(=O)N[C@@H]2CCC[C@@H](C)[C@@H]2C)c1. The van der Waals surface area contributed by atoms with Crippen molar-refractivity contribution in [2.24, 2.45) is 23.7 Å². The number of benzene rings is 1. The largest absolute Gasteiger partial charge is 0.359 e. The Morgan fingerprint density at radius 2 is 1.83 bits per heavy atom. The van der Waals surface area contributed by atoms with Gasteiger partial charge in [-0.1, -0.05) is 56.6 Å². The van der Waals surface area contributed by atoms with E-state index >= 15 is 0 Å². The second-order valence-electron chi connectivity index (χ2n) is 13.3. The Labute approximate surface area is 244 Å². The normalized spacial score (nSPS) is 35.8. The van der Waals surface area contributed by atoms with E-state index in [-0.39, 0.29) is 23.8 Å². The molecule has 8 atom stereocenters. The van der Waals surface area contributed by atoms with Crippen molar-refractivity contribution in [1.82, 2.24) is 10.2 Å². The van der Waals surface area contributed by atoms with E-state index < -0.39 is 29.6 Å². The smallest absolute Gasteiger partial charge is 0.246 e. The number of aryl methyl sites for hydroxylation is 2. The number of hydrogen-bond acceptors (Lipinski definition) is 4. The van der Waals surface area contributed by atoms with Gasteiger partial charge in [0.15, 0.2) is 0 Å². The summed E-state index contributed by atoms with van der Waals surface area (Å²) in [6.45, 7) is 8.93. The van der Waals surface area contributed by atoms with Gasteiger partial charge in [-0.25, -0.2) is 0 Å². The third-order valence-corrected chi connectivity index (χ3v) is 10.5. The maximum atomic E-state index is 14.3. The highest BCUT2D eigenvalue weighted by atomic mass is 16.5. The molecule has 220 valence electrons. The number of rotatable bonds is 7. The molecule has 2 N–H and O–H groups in total. The molecule has 7 heteroatoms. The lowest BCUT2D eigenvalue weighted by Crippen LogP contribution is -2.58. The van der Waals surface area contributed by atoms with Crippen molar-refractivity contribution in [3.05, 3.63) is 53.1 Å². The van der Waals surface area contributed by atoms with Crippen LogP contribution in [-0.2, 0) is 19.1 Å². The highest BCUT2D eigenvalue weighted by Crippen LogP contribution is 2.55. The van der Waals surface area contributed by atoms with Gasteiger partial charge in [0.25, 0.3) is 0 Å². The van der Waals surface area contributed by atoms with Crippen LogP contribution in [0.4, 0.5) is 5.69 Å². The Bertz CT molecular complexity index is 1270. The van der Waals surface area contributed by atoms with Crippen molar-refractivity contribution >= 4 is 23.4 Å². The van der Waals surface area contributed by atoms with Crippen LogP contribution in [0.25, 0.3) is 0 Å². The van der Waals surface area contributed by atoms with Gasteiger partial charge >= 0.3 is 0 Å². The van der Waals surface area contributed by atoms with E-state index in [2.05, 4.69) is 36.6 Å². The van der Waals surface area contributed by atoms with Crippen LogP contribution in [-0.4, -0.2) is 53.0 Å². The fraction of sp³-hybridized carbons (Fsp3) is 0.618. The molecule has 6 rings (SSSR count). The van der Waals surface area contributed by atoms with E-state index in [1.54, 1.807) is 4.90 Å². The van der Waals surface area contributed by atoms with Crippen molar-refractivity contribution in [3.8, 4) is 0 Å². The topological polar surface area (TPSA) is 87.7 Å². The van der Waals surface area contributed by atoms with Gasteiger partial charge in [0.05, 0.1) is 17.9 Å². The van der Waals surface area contributed by atoms with Gasteiger partial charge in [-0.3, -0.25) is 14.4 Å². The average Bonchev–Trinajstić information content (AvgIpc) is 3.57. The molecule has 0 aromatic heterocycles. The fourth-order valence-corrected chi connectivity index (χ4v) is 8.22. The fourth-order valence-electron chi connectivity index (χ4n) is 8.22. The molecule has 2 bridgehead atoms. The van der Waals surface area contributed by atoms with Crippen LogP contribution < -0.4 is 10.6 Å². The van der Waals surface area contributed by atoms with Crippen molar-refractivity contribution in [3.63, 3.8) is 0 Å². The summed E-state index contributed by atoms with van der Waals surface area (Å²) in [5.74, 6) is -1.01. The molecule has 5 aliphatic rings. The number of likely N-dealkylation sites (tertiary alicyclic amines) is 1. The summed E-state index contributed by atoms with van der Waals surface area (Å²) in [6.07, 6.45) is 14.0. The molecule has 3 aliphatic heterocycles. The predicted octanol–water partition coefficient (Wildman–Crippen LogP) is 5.22. The van der Waals surface area contributed by atoms with Crippen molar-refractivity contribution in [2.75, 3.05) is 11.9 Å². The van der Waals surface area contributed by atoms with Crippen molar-refractivity contribution in [2.45, 2.75) is 103 Å². The van der Waals surface area contributed by atoms with Crippen LogP contribution in [0.1, 0.15) is 76.3 Å². The molecule has 3 heterocycles. The number of nitrogens with one attached hydrogen (secondary N) is 2. The minimum absolute atomic E-state index is 0.0749. The van der Waals surface area contributed by atoms with Gasteiger partial charge in [0, 0.05) is 18.3 Å². The number of ether oxygens (including phenoxy) is 1. The first-order chi connectivity index (χ1) is 19.7. The number of carbonyl (C=O) groups excluding carboxylic acids is 3. The number of carbonyl (C=O) groups is 3. The zero-order chi connectivity index (χ0) is 28.9. The minimum atomic E-state index is -1.12. The maximum absolute atomic E-state index is 14.3. The van der Waals surface area contributed by atoms with Gasteiger partial charge in [0.2, 0.25) is 17.7 Å². The predicted molar refractivity (Wildman–Crippen MR) is 159 cm³/mol. The molecule has 3 fully saturated rings. The molecule has 1 saturated carbocycles. The van der Waals surface area contributed by atoms with Gasteiger partial charge in [-0.05, 0) is 87.5 Å². The summed E-state index contributed by atoms with van der Waals surface area (Å²) in [6, 6.07) is 5.23. The number of fused-ring (bicyclic) bond motifs is 1. The molecule has 2 aliphatic carbocycles. The summed E-state index contributed by atoms with van der Waals surface area (Å²) < 4.78 is 6.56. The Balaban J connectivity index is 1.29. The van der Waals surface area contributed by atoms with Crippen LogP contribution in [0.15, 0.2) is 42.0 Å². The van der Waals surface area contributed by atoms with Gasteiger partial charge < -0.3 is 20.3 Å². The third-order valence-electron chi connectivity index (χ3n) is 10.5. The van der Waals surface area contributed by atoms with E-state index in [1.807, 2.05) is 38.1 Å². The molecule has 7 nitrogen and oxygen atoms in total. The second kappa shape index (κ2) is 11.0. The summed E-state index contributed by atoms with van der Waals surface area (Å²) >= 11 is 0. The summed E-state index contributed by atoms with van der Waals surface area (Å²) in [7, 11) is 0. The zero-order valence-corrected chi connectivity index (χ0v) is 24.9. The first-order valence-corrected chi connectivity index (χ1v) is 15.7. The summed E-state index contributed by atoms with van der Waals surface area (Å²) in [4.78, 5) is 44.0. The van der Waals surface area contributed by atoms with E-state index in [9.17, 15) is 14.4 Å². The van der Waals surface area contributed by atoms with Gasteiger partial charge in [0.1, 0.15) is 11.6 Å². The standard InChI is InChI=1S/C34H45N3O4/c1-20-17-21(2)19-25(18-20)35-31(38)28-27-13-15-34(41-27)29(28)33(40)37(16-14-24-10-6-5-7-11-24)30(34)32(39)36-26-12-8-9-22(3)23(26)4/h10,13,15,17-19,22-23,26-30H,5-9,11-12,14,16H2,1-4H3,(H,35,38)(H,36,39)/t22-,23+,26-,27+,28-,29+,30+,34+/m1/s1. The zero-order valence-electron chi connectivity index (χ0n) is 24.9. The highest BCUT2D eigenvalue weighted by Gasteiger charge is 2.72. The van der Waals surface area contributed by atoms with Gasteiger partial charge in [-0.15, -0.1) is 0 Å². The van der Waals surface area contributed by atoms with E-state index in [1.165, 1.54) is 24.8 Å². The Morgan fingerprint density at radius 3 is 2.56 bits per heavy atom. The van der Waals surface area contributed by atoms with Crippen LogP contribution in [0.3, 0.4) is 0 Å². The first kappa shape index (κ1) is 28.2. The molecule has 2 saturated heterocycles. The van der Waals surface area contributed by atoms with Crippen LogP contribution in [0, 0.1) is 37.5 Å². The molecular formula is C34H45N3O4. The highest BCUT2D eigenvalue weighted by molar-refractivity contribution is 6.02. The molecular weight excluding hydrogens is 514 g/mol. The molecule has 1 spiro atoms. The molecule has 1 aromatic carbocycles. The van der Waals surface area contributed by atoms with E-state index in [0.717, 1.165) is 48.9 Å².